The molecule has 0 bridgehead atoms. The fourth-order valence-electron chi connectivity index (χ4n) is 9.21. The van der Waals surface area contributed by atoms with Gasteiger partial charge in [0.05, 0.1) is 12.2 Å². The SMILES string of the molecule is C[C@H](CCC(=O)Nc1ccc(O)c(C(=O)O)c1)C1CCC2C3C(CC[C@@H]21)[C@@]1(C)CC[C@@H](O)C[C@H]1C[C@@H]3O. The average Bonchev–Trinajstić information content (AvgIpc) is 3.29. The maximum Gasteiger partial charge on any atom is 0.339 e. The Labute approximate surface area is 219 Å². The number of carbonyl (C=O) groups is 2. The summed E-state index contributed by atoms with van der Waals surface area (Å²) >= 11 is 0. The first-order valence-electron chi connectivity index (χ1n) is 14.3. The van der Waals surface area contributed by atoms with Crippen LogP contribution >= 0.6 is 0 Å². The van der Waals surface area contributed by atoms with Gasteiger partial charge in [0.2, 0.25) is 5.91 Å². The lowest BCUT2D eigenvalue weighted by molar-refractivity contribution is -0.158. The number of benzene rings is 1. The van der Waals surface area contributed by atoms with Gasteiger partial charge >= 0.3 is 5.97 Å². The van der Waals surface area contributed by atoms with Crippen molar-refractivity contribution in [3.63, 3.8) is 0 Å². The van der Waals surface area contributed by atoms with Gasteiger partial charge in [-0.15, -0.1) is 0 Å². The third-order valence-electron chi connectivity index (χ3n) is 11.1. The van der Waals surface area contributed by atoms with E-state index >= 15 is 0 Å². The summed E-state index contributed by atoms with van der Waals surface area (Å²) in [5.41, 5.74) is 0.388. The molecule has 4 saturated carbocycles. The van der Waals surface area contributed by atoms with E-state index in [1.165, 1.54) is 37.5 Å². The number of carbonyl (C=O) groups excluding carboxylic acids is 1. The fourth-order valence-corrected chi connectivity index (χ4v) is 9.21. The number of amides is 1. The molecule has 204 valence electrons. The van der Waals surface area contributed by atoms with Crippen LogP contribution in [-0.4, -0.2) is 44.5 Å². The van der Waals surface area contributed by atoms with Crippen molar-refractivity contribution >= 4 is 17.6 Å². The van der Waals surface area contributed by atoms with Gasteiger partial charge < -0.3 is 25.7 Å². The first kappa shape index (κ1) is 26.5. The molecular formula is C30H43NO6. The molecule has 0 heterocycles. The number of aromatic carboxylic acids is 1. The van der Waals surface area contributed by atoms with Crippen LogP contribution < -0.4 is 5.32 Å². The molecule has 1 amide bonds. The van der Waals surface area contributed by atoms with E-state index in [-0.39, 0.29) is 34.8 Å². The summed E-state index contributed by atoms with van der Waals surface area (Å²) in [4.78, 5) is 23.9. The highest BCUT2D eigenvalue weighted by Crippen LogP contribution is 2.64. The lowest BCUT2D eigenvalue weighted by Gasteiger charge is -2.60. The van der Waals surface area contributed by atoms with Gasteiger partial charge in [-0.3, -0.25) is 4.79 Å². The molecule has 7 nitrogen and oxygen atoms in total. The molecule has 4 fully saturated rings. The van der Waals surface area contributed by atoms with Gasteiger partial charge in [0.15, 0.2) is 0 Å². The van der Waals surface area contributed by atoms with E-state index in [1.807, 2.05) is 0 Å². The Morgan fingerprint density at radius 1 is 1.08 bits per heavy atom. The number of anilines is 1. The minimum absolute atomic E-state index is 0.145. The zero-order valence-corrected chi connectivity index (χ0v) is 22.1. The van der Waals surface area contributed by atoms with E-state index in [0.29, 0.717) is 53.5 Å². The predicted octanol–water partition coefficient (Wildman–Crippen LogP) is 5.05. The van der Waals surface area contributed by atoms with E-state index < -0.39 is 5.97 Å². The molecule has 0 spiro atoms. The predicted molar refractivity (Wildman–Crippen MR) is 140 cm³/mol. The average molecular weight is 514 g/mol. The fraction of sp³-hybridized carbons (Fsp3) is 0.733. The molecule has 4 aliphatic carbocycles. The van der Waals surface area contributed by atoms with Crippen LogP contribution in [0.5, 0.6) is 5.75 Å². The molecule has 5 N–H and O–H groups in total. The first-order chi connectivity index (χ1) is 17.6. The number of aromatic hydroxyl groups is 1. The number of phenols is 1. The molecule has 10 atom stereocenters. The molecule has 0 radical (unpaired) electrons. The Morgan fingerprint density at radius 3 is 2.59 bits per heavy atom. The number of carboxylic acids is 1. The maximum atomic E-state index is 12.6. The number of fused-ring (bicyclic) bond motifs is 5. The third-order valence-corrected chi connectivity index (χ3v) is 11.1. The summed E-state index contributed by atoms with van der Waals surface area (Å²) < 4.78 is 0. The van der Waals surface area contributed by atoms with Crippen LogP contribution in [0, 0.1) is 46.8 Å². The van der Waals surface area contributed by atoms with Crippen molar-refractivity contribution in [3.8, 4) is 5.75 Å². The number of carboxylic acid groups (broad SMARTS) is 1. The van der Waals surface area contributed by atoms with E-state index in [2.05, 4.69) is 19.2 Å². The van der Waals surface area contributed by atoms with Crippen LogP contribution in [0.1, 0.15) is 88.4 Å². The van der Waals surface area contributed by atoms with Crippen molar-refractivity contribution in [1.82, 2.24) is 0 Å². The molecule has 1 aromatic rings. The van der Waals surface area contributed by atoms with Crippen LogP contribution in [0.15, 0.2) is 18.2 Å². The summed E-state index contributed by atoms with van der Waals surface area (Å²) in [5.74, 6) is 1.79. The smallest absolute Gasteiger partial charge is 0.339 e. The van der Waals surface area contributed by atoms with Gasteiger partial charge in [-0.1, -0.05) is 13.8 Å². The van der Waals surface area contributed by atoms with Crippen LogP contribution in [0.25, 0.3) is 0 Å². The summed E-state index contributed by atoms with van der Waals surface area (Å²) in [5, 5.41) is 43.2. The molecular weight excluding hydrogens is 470 g/mol. The summed E-state index contributed by atoms with van der Waals surface area (Å²) in [6.45, 7) is 4.70. The zero-order chi connectivity index (χ0) is 26.5. The molecule has 37 heavy (non-hydrogen) atoms. The van der Waals surface area contributed by atoms with Crippen LogP contribution in [-0.2, 0) is 4.79 Å². The largest absolute Gasteiger partial charge is 0.507 e. The monoisotopic (exact) mass is 513 g/mol. The number of aliphatic hydroxyl groups is 2. The normalized spacial score (nSPS) is 39.7. The van der Waals surface area contributed by atoms with Crippen molar-refractivity contribution in [3.05, 3.63) is 23.8 Å². The topological polar surface area (TPSA) is 127 Å². The Hall–Kier alpha value is -2.12. The van der Waals surface area contributed by atoms with Crippen LogP contribution in [0.2, 0.25) is 0 Å². The van der Waals surface area contributed by atoms with Crippen molar-refractivity contribution < 1.29 is 30.0 Å². The van der Waals surface area contributed by atoms with Gasteiger partial charge in [-0.25, -0.2) is 4.79 Å². The second kappa shape index (κ2) is 10.2. The lowest BCUT2D eigenvalue weighted by Crippen LogP contribution is -2.56. The highest BCUT2D eigenvalue weighted by molar-refractivity contribution is 5.95. The summed E-state index contributed by atoms with van der Waals surface area (Å²) in [6.07, 6.45) is 9.02. The van der Waals surface area contributed by atoms with Gasteiger partial charge in [-0.2, -0.15) is 0 Å². The van der Waals surface area contributed by atoms with Gasteiger partial charge in [0.1, 0.15) is 11.3 Å². The zero-order valence-electron chi connectivity index (χ0n) is 22.1. The standard InChI is InChI=1S/C30H43NO6/c1-16(3-10-27(35)31-18-4-9-25(33)23(15-18)29(36)37)20-5-6-22-21(20)7-8-24-28(22)26(34)14-17-13-19(32)11-12-30(17,24)2/h4,9,15-17,19-22,24,26,28,32-34H,3,5-8,10-14H2,1-2H3,(H,31,35)(H,36,37)/t16-,17+,19-,20?,21-,22?,24?,26+,28?,30+/m1/s1. The van der Waals surface area contributed by atoms with Gasteiger partial charge in [-0.05, 0) is 123 Å². The molecule has 0 saturated heterocycles. The number of hydrogen-bond donors (Lipinski definition) is 5. The number of nitrogens with one attached hydrogen (secondary N) is 1. The van der Waals surface area contributed by atoms with Gasteiger partial charge in [0, 0.05) is 12.1 Å². The van der Waals surface area contributed by atoms with Crippen molar-refractivity contribution in [2.45, 2.75) is 90.3 Å². The highest BCUT2D eigenvalue weighted by Gasteiger charge is 2.59. The Balaban J connectivity index is 1.19. The lowest BCUT2D eigenvalue weighted by atomic mass is 9.46. The minimum Gasteiger partial charge on any atom is -0.507 e. The third kappa shape index (κ3) is 4.89. The summed E-state index contributed by atoms with van der Waals surface area (Å²) in [7, 11) is 0. The number of rotatable bonds is 6. The maximum absolute atomic E-state index is 12.6. The van der Waals surface area contributed by atoms with E-state index in [0.717, 1.165) is 38.5 Å². The van der Waals surface area contributed by atoms with E-state index in [4.69, 9.17) is 0 Å². The molecule has 4 unspecified atom stereocenters. The van der Waals surface area contributed by atoms with E-state index in [1.54, 1.807) is 0 Å². The molecule has 0 aliphatic heterocycles. The highest BCUT2D eigenvalue weighted by atomic mass is 16.4. The molecule has 1 aromatic carbocycles. The van der Waals surface area contributed by atoms with E-state index in [9.17, 15) is 30.0 Å². The van der Waals surface area contributed by atoms with Crippen molar-refractivity contribution in [1.29, 1.82) is 0 Å². The number of hydrogen-bond acceptors (Lipinski definition) is 5. The first-order valence-corrected chi connectivity index (χ1v) is 14.3. The Morgan fingerprint density at radius 2 is 1.84 bits per heavy atom. The Kier molecular flexibility index (Phi) is 7.31. The van der Waals surface area contributed by atoms with Crippen molar-refractivity contribution in [2.24, 2.45) is 46.8 Å². The number of aliphatic hydroxyl groups excluding tert-OH is 2. The van der Waals surface area contributed by atoms with Crippen LogP contribution in [0.3, 0.4) is 0 Å². The minimum atomic E-state index is -1.23. The molecule has 0 aromatic heterocycles. The molecule has 4 aliphatic rings. The second-order valence-electron chi connectivity index (χ2n) is 12.9. The summed E-state index contributed by atoms with van der Waals surface area (Å²) in [6, 6.07) is 4.08. The van der Waals surface area contributed by atoms with Gasteiger partial charge in [0.25, 0.3) is 0 Å². The second-order valence-corrected chi connectivity index (χ2v) is 12.9. The molecule has 5 rings (SSSR count). The van der Waals surface area contributed by atoms with Crippen molar-refractivity contribution in [2.75, 3.05) is 5.32 Å². The quantitative estimate of drug-likeness (QED) is 0.339. The Bertz CT molecular complexity index is 1030. The molecule has 7 heteroatoms. The van der Waals surface area contributed by atoms with Crippen LogP contribution in [0.4, 0.5) is 5.69 Å².